The van der Waals surface area contributed by atoms with E-state index in [0.717, 1.165) is 0 Å². The van der Waals surface area contributed by atoms with E-state index in [1.54, 1.807) is 72.7 Å². The summed E-state index contributed by atoms with van der Waals surface area (Å²) in [5.74, 6) is -0.446. The van der Waals surface area contributed by atoms with Gasteiger partial charge in [-0.2, -0.15) is 0 Å². The minimum Gasteiger partial charge on any atom is -0.460 e. The van der Waals surface area contributed by atoms with Gasteiger partial charge in [-0.15, -0.1) is 0 Å². The lowest BCUT2D eigenvalue weighted by Crippen LogP contribution is -2.32. The number of anilines is 1. The highest BCUT2D eigenvalue weighted by Gasteiger charge is 2.25. The van der Waals surface area contributed by atoms with Crippen LogP contribution in [0.3, 0.4) is 0 Å². The number of hydrogen-bond donors (Lipinski definition) is 2. The van der Waals surface area contributed by atoms with Gasteiger partial charge in [0.2, 0.25) is 0 Å². The highest BCUT2D eigenvalue weighted by molar-refractivity contribution is 5.92. The van der Waals surface area contributed by atoms with E-state index < -0.39 is 35.2 Å². The average molecular weight is 446 g/mol. The quantitative estimate of drug-likeness (QED) is 0.627. The smallest absolute Gasteiger partial charge is 0.412 e. The second-order valence-corrected chi connectivity index (χ2v) is 9.39. The maximum absolute atomic E-state index is 12.6. The van der Waals surface area contributed by atoms with E-state index in [4.69, 9.17) is 14.0 Å². The molecule has 1 atom stereocenters. The molecule has 174 valence electrons. The number of aryl methyl sites for hydroxylation is 1. The van der Waals surface area contributed by atoms with Crippen molar-refractivity contribution in [3.8, 4) is 0 Å². The Bertz CT molecular complexity index is 951. The average Bonchev–Trinajstić information content (AvgIpc) is 3.05. The Morgan fingerprint density at radius 3 is 2.09 bits per heavy atom. The maximum Gasteiger partial charge on any atom is 0.412 e. The van der Waals surface area contributed by atoms with Crippen molar-refractivity contribution < 1.29 is 28.4 Å². The molecule has 0 saturated heterocycles. The van der Waals surface area contributed by atoms with Crippen molar-refractivity contribution in [3.63, 3.8) is 0 Å². The summed E-state index contributed by atoms with van der Waals surface area (Å²) in [7, 11) is 0. The first kappa shape index (κ1) is 24.9. The molecule has 9 nitrogen and oxygen atoms in total. The highest BCUT2D eigenvalue weighted by Crippen LogP contribution is 2.23. The lowest BCUT2D eigenvalue weighted by molar-refractivity contribution is -0.155. The van der Waals surface area contributed by atoms with Crippen LogP contribution in [0, 0.1) is 6.92 Å². The summed E-state index contributed by atoms with van der Waals surface area (Å²) in [5, 5.41) is 9.15. The van der Waals surface area contributed by atoms with E-state index in [2.05, 4.69) is 15.8 Å². The Kier molecular flexibility index (Phi) is 7.66. The monoisotopic (exact) mass is 445 g/mol. The number of esters is 1. The van der Waals surface area contributed by atoms with Crippen LogP contribution in [0.2, 0.25) is 0 Å². The van der Waals surface area contributed by atoms with Crippen LogP contribution in [0.4, 0.5) is 10.5 Å². The van der Waals surface area contributed by atoms with Crippen LogP contribution in [-0.2, 0) is 14.3 Å². The molecule has 0 unspecified atom stereocenters. The molecule has 0 bridgehead atoms. The van der Waals surface area contributed by atoms with Crippen LogP contribution in [0.25, 0.3) is 0 Å². The van der Waals surface area contributed by atoms with E-state index >= 15 is 0 Å². The number of amides is 2. The maximum atomic E-state index is 12.6. The predicted molar refractivity (Wildman–Crippen MR) is 118 cm³/mol. The zero-order valence-corrected chi connectivity index (χ0v) is 19.6. The topological polar surface area (TPSA) is 120 Å². The third-order valence-electron chi connectivity index (χ3n) is 3.92. The summed E-state index contributed by atoms with van der Waals surface area (Å²) in [6, 6.07) is 7.56. The van der Waals surface area contributed by atoms with Crippen molar-refractivity contribution >= 4 is 23.7 Å². The first-order valence-corrected chi connectivity index (χ1v) is 10.3. The first-order valence-electron chi connectivity index (χ1n) is 10.3. The van der Waals surface area contributed by atoms with E-state index in [1.807, 2.05) is 0 Å². The lowest BCUT2D eigenvalue weighted by atomic mass is 10.0. The number of carbonyl (C=O) groups is 3. The van der Waals surface area contributed by atoms with Crippen LogP contribution >= 0.6 is 0 Å². The Balaban J connectivity index is 2.17. The molecule has 1 aromatic heterocycles. The highest BCUT2D eigenvalue weighted by atomic mass is 16.6. The van der Waals surface area contributed by atoms with E-state index in [1.165, 1.54) is 6.07 Å². The van der Waals surface area contributed by atoms with Gasteiger partial charge in [-0.3, -0.25) is 14.9 Å². The third-order valence-corrected chi connectivity index (χ3v) is 3.92. The van der Waals surface area contributed by atoms with Gasteiger partial charge in [-0.05, 0) is 66.2 Å². The molecule has 9 heteroatoms. The SMILES string of the molecule is Cc1cc(C(=O)N[C@H](CC(=O)OC(C)(C)C)c2ccc(NC(=O)OC(C)(C)C)cc2)no1. The fraction of sp³-hybridized carbons (Fsp3) is 0.478. The number of carbonyl (C=O) groups excluding carboxylic acids is 3. The minimum atomic E-state index is -0.676. The number of rotatable bonds is 6. The number of nitrogens with zero attached hydrogens (tertiary/aromatic N) is 1. The predicted octanol–water partition coefficient (Wildman–Crippen LogP) is 4.53. The minimum absolute atomic E-state index is 0.0846. The van der Waals surface area contributed by atoms with Crippen molar-refractivity contribution in [2.24, 2.45) is 0 Å². The molecular formula is C23H31N3O6. The molecule has 1 aromatic carbocycles. The van der Waals surface area contributed by atoms with Crippen LogP contribution in [0.5, 0.6) is 0 Å². The molecule has 0 spiro atoms. The molecule has 0 radical (unpaired) electrons. The van der Waals surface area contributed by atoms with Crippen LogP contribution in [0.15, 0.2) is 34.9 Å². The van der Waals surface area contributed by atoms with Crippen LogP contribution in [0.1, 0.15) is 75.8 Å². The molecule has 2 amide bonds. The molecule has 0 fully saturated rings. The Morgan fingerprint density at radius 2 is 1.59 bits per heavy atom. The van der Waals surface area contributed by atoms with Gasteiger partial charge >= 0.3 is 12.1 Å². The molecule has 0 saturated carbocycles. The van der Waals surface area contributed by atoms with Crippen LogP contribution < -0.4 is 10.6 Å². The van der Waals surface area contributed by atoms with E-state index in [0.29, 0.717) is 17.0 Å². The van der Waals surface area contributed by atoms with E-state index in [-0.39, 0.29) is 12.1 Å². The molecule has 1 heterocycles. The standard InChI is InChI=1S/C23H31N3O6/c1-14-12-18(26-32-14)20(28)25-17(13-19(27)30-22(2,3)4)15-8-10-16(11-9-15)24-21(29)31-23(5,6)7/h8-12,17H,13H2,1-7H3,(H,24,29)(H,25,28)/t17-/m1/s1. The Hall–Kier alpha value is -3.36. The van der Waals surface area contributed by atoms with Gasteiger partial charge in [0.1, 0.15) is 17.0 Å². The zero-order chi connectivity index (χ0) is 24.1. The molecule has 32 heavy (non-hydrogen) atoms. The van der Waals surface area contributed by atoms with Crippen molar-refractivity contribution in [1.29, 1.82) is 0 Å². The van der Waals surface area contributed by atoms with Crippen LogP contribution in [-0.4, -0.2) is 34.3 Å². The summed E-state index contributed by atoms with van der Waals surface area (Å²) in [6.45, 7) is 12.3. The molecule has 2 aromatic rings. The zero-order valence-electron chi connectivity index (χ0n) is 19.6. The van der Waals surface area contributed by atoms with Gasteiger partial charge < -0.3 is 19.3 Å². The first-order chi connectivity index (χ1) is 14.7. The molecule has 0 aliphatic carbocycles. The number of benzene rings is 1. The normalized spacial score (nSPS) is 12.6. The van der Waals surface area contributed by atoms with Gasteiger partial charge in [-0.25, -0.2) is 4.79 Å². The number of nitrogens with one attached hydrogen (secondary N) is 2. The van der Waals surface area contributed by atoms with E-state index in [9.17, 15) is 14.4 Å². The molecular weight excluding hydrogens is 414 g/mol. The number of ether oxygens (including phenoxy) is 2. The van der Waals surface area contributed by atoms with Crippen molar-refractivity contribution in [2.45, 2.75) is 72.1 Å². The summed E-state index contributed by atoms with van der Waals surface area (Å²) in [4.78, 5) is 37.0. The Morgan fingerprint density at radius 1 is 1.00 bits per heavy atom. The molecule has 2 rings (SSSR count). The second kappa shape index (κ2) is 9.84. The summed E-state index contributed by atoms with van der Waals surface area (Å²) in [5.41, 5.74) is -0.000873. The molecule has 0 aliphatic rings. The molecule has 2 N–H and O–H groups in total. The van der Waals surface area contributed by atoms with Gasteiger partial charge in [0.05, 0.1) is 12.5 Å². The largest absolute Gasteiger partial charge is 0.460 e. The number of aromatic nitrogens is 1. The lowest BCUT2D eigenvalue weighted by Gasteiger charge is -2.23. The van der Waals surface area contributed by atoms with Crippen molar-refractivity contribution in [1.82, 2.24) is 10.5 Å². The van der Waals surface area contributed by atoms with Gasteiger partial charge in [0, 0.05) is 11.8 Å². The fourth-order valence-corrected chi connectivity index (χ4v) is 2.73. The van der Waals surface area contributed by atoms with Gasteiger partial charge in [0.15, 0.2) is 5.69 Å². The summed E-state index contributed by atoms with van der Waals surface area (Å²) >= 11 is 0. The number of hydrogen-bond acceptors (Lipinski definition) is 7. The Labute approximate surface area is 187 Å². The van der Waals surface area contributed by atoms with Gasteiger partial charge in [0.25, 0.3) is 5.91 Å². The van der Waals surface area contributed by atoms with Crippen molar-refractivity contribution in [2.75, 3.05) is 5.32 Å². The van der Waals surface area contributed by atoms with Crippen molar-refractivity contribution in [3.05, 3.63) is 47.3 Å². The summed E-state index contributed by atoms with van der Waals surface area (Å²) < 4.78 is 15.6. The third kappa shape index (κ3) is 8.41. The summed E-state index contributed by atoms with van der Waals surface area (Å²) in [6.07, 6.45) is -0.663. The van der Waals surface area contributed by atoms with Gasteiger partial charge in [-0.1, -0.05) is 17.3 Å². The molecule has 0 aliphatic heterocycles. The fourth-order valence-electron chi connectivity index (χ4n) is 2.73. The second-order valence-electron chi connectivity index (χ2n) is 9.39.